The maximum absolute atomic E-state index is 12.4. The van der Waals surface area contributed by atoms with E-state index in [1.54, 1.807) is 20.8 Å². The standard InChI is InChI=1S/C10H18F4N2O2/c1-9(2,3)18-8(17)16-5-4-15-6-10(13,14)7(11)12/h7,15H,4-6H2,1-3H3,(H,16,17). The van der Waals surface area contributed by atoms with Crippen LogP contribution in [0.15, 0.2) is 0 Å². The maximum atomic E-state index is 12.4. The van der Waals surface area contributed by atoms with Crippen molar-refractivity contribution in [2.45, 2.75) is 38.7 Å². The van der Waals surface area contributed by atoms with Crippen LogP contribution in [0.25, 0.3) is 0 Å². The third-order valence-electron chi connectivity index (χ3n) is 1.65. The summed E-state index contributed by atoms with van der Waals surface area (Å²) in [6, 6.07) is 0. The molecule has 0 aliphatic heterocycles. The Kier molecular flexibility index (Phi) is 6.37. The fraction of sp³-hybridized carbons (Fsp3) is 0.900. The Hall–Kier alpha value is -1.05. The third kappa shape index (κ3) is 8.10. The van der Waals surface area contributed by atoms with Gasteiger partial charge in [-0.1, -0.05) is 0 Å². The zero-order chi connectivity index (χ0) is 14.4. The highest BCUT2D eigenvalue weighted by molar-refractivity contribution is 5.67. The Labute approximate surface area is 103 Å². The summed E-state index contributed by atoms with van der Waals surface area (Å²) >= 11 is 0. The van der Waals surface area contributed by atoms with E-state index < -0.39 is 30.6 Å². The normalized spacial score (nSPS) is 12.7. The second-order valence-electron chi connectivity index (χ2n) is 4.67. The molecule has 0 spiro atoms. The first-order valence-electron chi connectivity index (χ1n) is 5.38. The number of carbonyl (C=O) groups is 1. The van der Waals surface area contributed by atoms with Crippen LogP contribution in [0.3, 0.4) is 0 Å². The van der Waals surface area contributed by atoms with Crippen molar-refractivity contribution in [3.63, 3.8) is 0 Å². The molecule has 108 valence electrons. The second-order valence-corrected chi connectivity index (χ2v) is 4.67. The lowest BCUT2D eigenvalue weighted by Crippen LogP contribution is -2.42. The van der Waals surface area contributed by atoms with Crippen LogP contribution in [0.5, 0.6) is 0 Å². The largest absolute Gasteiger partial charge is 0.444 e. The molecule has 0 fully saturated rings. The molecule has 4 nitrogen and oxygen atoms in total. The Morgan fingerprint density at radius 2 is 1.78 bits per heavy atom. The van der Waals surface area contributed by atoms with Crippen LogP contribution in [-0.2, 0) is 4.74 Å². The van der Waals surface area contributed by atoms with Gasteiger partial charge < -0.3 is 15.4 Å². The van der Waals surface area contributed by atoms with Crippen molar-refractivity contribution in [3.05, 3.63) is 0 Å². The van der Waals surface area contributed by atoms with Gasteiger partial charge in [-0.2, -0.15) is 8.78 Å². The number of alkyl carbamates (subject to hydrolysis) is 1. The first-order valence-corrected chi connectivity index (χ1v) is 5.38. The minimum Gasteiger partial charge on any atom is -0.444 e. The summed E-state index contributed by atoms with van der Waals surface area (Å²) in [5.74, 6) is -4.06. The van der Waals surface area contributed by atoms with Crippen LogP contribution < -0.4 is 10.6 Å². The Bertz CT molecular complexity index is 267. The molecule has 0 radical (unpaired) electrons. The van der Waals surface area contributed by atoms with E-state index in [0.29, 0.717) is 0 Å². The minimum absolute atomic E-state index is 0.00817. The van der Waals surface area contributed by atoms with Gasteiger partial charge in [0, 0.05) is 13.1 Å². The molecule has 1 amide bonds. The molecule has 2 N–H and O–H groups in total. The van der Waals surface area contributed by atoms with Crippen LogP contribution in [0.4, 0.5) is 22.4 Å². The van der Waals surface area contributed by atoms with Crippen molar-refractivity contribution >= 4 is 6.09 Å². The molecule has 0 aromatic carbocycles. The van der Waals surface area contributed by atoms with Crippen LogP contribution in [-0.4, -0.2) is 43.7 Å². The Balaban J connectivity index is 3.67. The molecule has 0 aliphatic rings. The van der Waals surface area contributed by atoms with Gasteiger partial charge in [0.05, 0.1) is 6.54 Å². The summed E-state index contributed by atoms with van der Waals surface area (Å²) in [4.78, 5) is 11.1. The minimum atomic E-state index is -4.06. The molecule has 0 unspecified atom stereocenters. The predicted octanol–water partition coefficient (Wildman–Crippen LogP) is 2.00. The average Bonchev–Trinajstić information content (AvgIpc) is 2.13. The average molecular weight is 274 g/mol. The van der Waals surface area contributed by atoms with Gasteiger partial charge >= 0.3 is 18.4 Å². The molecule has 18 heavy (non-hydrogen) atoms. The van der Waals surface area contributed by atoms with E-state index in [1.165, 1.54) is 0 Å². The number of hydrogen-bond acceptors (Lipinski definition) is 3. The second kappa shape index (κ2) is 6.77. The number of nitrogens with one attached hydrogen (secondary N) is 2. The van der Waals surface area contributed by atoms with Crippen LogP contribution in [0, 0.1) is 0 Å². The van der Waals surface area contributed by atoms with Gasteiger partial charge in [-0.3, -0.25) is 0 Å². The molecule has 0 saturated heterocycles. The molecule has 0 rings (SSSR count). The third-order valence-corrected chi connectivity index (χ3v) is 1.65. The molecule has 0 bridgehead atoms. The van der Waals surface area contributed by atoms with E-state index in [0.717, 1.165) is 0 Å². The summed E-state index contributed by atoms with van der Waals surface area (Å²) in [5, 5.41) is 4.42. The number of rotatable bonds is 6. The van der Waals surface area contributed by atoms with Crippen molar-refractivity contribution in [1.82, 2.24) is 10.6 Å². The lowest BCUT2D eigenvalue weighted by atomic mass is 10.2. The number of halogens is 4. The molecule has 0 atom stereocenters. The van der Waals surface area contributed by atoms with Crippen LogP contribution in [0.2, 0.25) is 0 Å². The topological polar surface area (TPSA) is 50.4 Å². The Morgan fingerprint density at radius 1 is 1.22 bits per heavy atom. The van der Waals surface area contributed by atoms with Gasteiger partial charge in [-0.05, 0) is 20.8 Å². The first kappa shape index (κ1) is 16.9. The van der Waals surface area contributed by atoms with Gasteiger partial charge in [-0.15, -0.1) is 0 Å². The SMILES string of the molecule is CC(C)(C)OC(=O)NCCNCC(F)(F)C(F)F. The molecular weight excluding hydrogens is 256 g/mol. The van der Waals surface area contributed by atoms with E-state index in [2.05, 4.69) is 10.6 Å². The molecule has 0 aromatic rings. The first-order chi connectivity index (χ1) is 8.04. The lowest BCUT2D eigenvalue weighted by Gasteiger charge is -2.20. The monoisotopic (exact) mass is 274 g/mol. The van der Waals surface area contributed by atoms with Crippen molar-refractivity contribution in [3.8, 4) is 0 Å². The van der Waals surface area contributed by atoms with Crippen LogP contribution >= 0.6 is 0 Å². The number of alkyl halides is 4. The number of carbonyl (C=O) groups excluding carboxylic acids is 1. The Morgan fingerprint density at radius 3 is 2.22 bits per heavy atom. The predicted molar refractivity (Wildman–Crippen MR) is 58.1 cm³/mol. The van der Waals surface area contributed by atoms with Gasteiger partial charge in [0.1, 0.15) is 5.60 Å². The summed E-state index contributed by atoms with van der Waals surface area (Å²) in [6.45, 7) is 3.84. The highest BCUT2D eigenvalue weighted by Crippen LogP contribution is 2.21. The summed E-state index contributed by atoms with van der Waals surface area (Å²) < 4.78 is 53.2. The van der Waals surface area contributed by atoms with E-state index in [-0.39, 0.29) is 13.1 Å². The van der Waals surface area contributed by atoms with Crippen molar-refractivity contribution < 1.29 is 27.1 Å². The summed E-state index contributed by atoms with van der Waals surface area (Å²) in [5.41, 5.74) is -0.653. The zero-order valence-corrected chi connectivity index (χ0v) is 10.5. The smallest absolute Gasteiger partial charge is 0.407 e. The van der Waals surface area contributed by atoms with Crippen LogP contribution in [0.1, 0.15) is 20.8 Å². The fourth-order valence-corrected chi connectivity index (χ4v) is 0.899. The molecule has 0 saturated carbocycles. The van der Waals surface area contributed by atoms with Crippen molar-refractivity contribution in [2.24, 2.45) is 0 Å². The van der Waals surface area contributed by atoms with Gasteiger partial charge in [0.2, 0.25) is 0 Å². The van der Waals surface area contributed by atoms with E-state index in [4.69, 9.17) is 4.74 Å². The molecule has 0 heterocycles. The van der Waals surface area contributed by atoms with Gasteiger partial charge in [0.25, 0.3) is 0 Å². The van der Waals surface area contributed by atoms with E-state index in [1.807, 2.05) is 0 Å². The van der Waals surface area contributed by atoms with Crippen molar-refractivity contribution in [2.75, 3.05) is 19.6 Å². The van der Waals surface area contributed by atoms with Crippen molar-refractivity contribution in [1.29, 1.82) is 0 Å². The molecule has 8 heteroatoms. The fourth-order valence-electron chi connectivity index (χ4n) is 0.899. The zero-order valence-electron chi connectivity index (χ0n) is 10.5. The highest BCUT2D eigenvalue weighted by Gasteiger charge is 2.39. The number of amides is 1. The quantitative estimate of drug-likeness (QED) is 0.575. The maximum Gasteiger partial charge on any atom is 0.407 e. The van der Waals surface area contributed by atoms with E-state index in [9.17, 15) is 22.4 Å². The van der Waals surface area contributed by atoms with E-state index >= 15 is 0 Å². The number of hydrogen-bond donors (Lipinski definition) is 2. The lowest BCUT2D eigenvalue weighted by molar-refractivity contribution is -0.125. The highest BCUT2D eigenvalue weighted by atomic mass is 19.3. The summed E-state index contributed by atoms with van der Waals surface area (Å²) in [7, 11) is 0. The molecule has 0 aromatic heterocycles. The van der Waals surface area contributed by atoms with Gasteiger partial charge in [-0.25, -0.2) is 13.6 Å². The molecule has 0 aliphatic carbocycles. The van der Waals surface area contributed by atoms with Gasteiger partial charge in [0.15, 0.2) is 0 Å². The summed E-state index contributed by atoms with van der Waals surface area (Å²) in [6.07, 6.45) is -4.39. The number of ether oxygens (including phenoxy) is 1. The molecular formula is C10H18F4N2O2.